The highest BCUT2D eigenvalue weighted by Gasteiger charge is 2.33. The SMILES string of the molecule is COC1(C)CCCN(C(=O)c2ccc3c(c2)CNCC3)C1. The van der Waals surface area contributed by atoms with Crippen LogP contribution in [-0.4, -0.2) is 43.2 Å². The van der Waals surface area contributed by atoms with Crippen LogP contribution in [0.2, 0.25) is 0 Å². The smallest absolute Gasteiger partial charge is 0.253 e. The van der Waals surface area contributed by atoms with Gasteiger partial charge in [-0.25, -0.2) is 0 Å². The molecule has 0 radical (unpaired) electrons. The van der Waals surface area contributed by atoms with Gasteiger partial charge in [0.15, 0.2) is 0 Å². The largest absolute Gasteiger partial charge is 0.377 e. The fraction of sp³-hybridized carbons (Fsp3) is 0.588. The van der Waals surface area contributed by atoms with Gasteiger partial charge >= 0.3 is 0 Å². The predicted octanol–water partition coefficient (Wildman–Crippen LogP) is 1.97. The lowest BCUT2D eigenvalue weighted by atomic mass is 9.93. The van der Waals surface area contributed by atoms with Gasteiger partial charge in [-0.2, -0.15) is 0 Å². The molecule has 1 unspecified atom stereocenters. The number of benzene rings is 1. The number of amides is 1. The van der Waals surface area contributed by atoms with Gasteiger partial charge in [0.1, 0.15) is 0 Å². The molecule has 0 saturated carbocycles. The van der Waals surface area contributed by atoms with Gasteiger partial charge in [-0.15, -0.1) is 0 Å². The van der Waals surface area contributed by atoms with Crippen LogP contribution in [-0.2, 0) is 17.7 Å². The van der Waals surface area contributed by atoms with Gasteiger partial charge < -0.3 is 15.0 Å². The van der Waals surface area contributed by atoms with E-state index in [1.807, 2.05) is 11.0 Å². The predicted molar refractivity (Wildman–Crippen MR) is 82.4 cm³/mol. The molecule has 1 saturated heterocycles. The summed E-state index contributed by atoms with van der Waals surface area (Å²) in [5.74, 6) is 0.131. The summed E-state index contributed by atoms with van der Waals surface area (Å²) in [4.78, 5) is 14.7. The number of likely N-dealkylation sites (tertiary alicyclic amines) is 1. The Kier molecular flexibility index (Phi) is 4.00. The molecule has 1 amide bonds. The Morgan fingerprint density at radius 3 is 3.05 bits per heavy atom. The molecule has 2 heterocycles. The van der Waals surface area contributed by atoms with Crippen molar-refractivity contribution in [1.29, 1.82) is 0 Å². The maximum atomic E-state index is 12.7. The number of carbonyl (C=O) groups is 1. The zero-order valence-corrected chi connectivity index (χ0v) is 12.9. The van der Waals surface area contributed by atoms with Gasteiger partial charge in [0.2, 0.25) is 0 Å². The van der Waals surface area contributed by atoms with Gasteiger partial charge in [-0.1, -0.05) is 6.07 Å². The molecule has 1 aromatic rings. The normalized spacial score (nSPS) is 25.5. The van der Waals surface area contributed by atoms with Crippen molar-refractivity contribution in [3.63, 3.8) is 0 Å². The highest BCUT2D eigenvalue weighted by atomic mass is 16.5. The van der Waals surface area contributed by atoms with E-state index in [0.717, 1.165) is 44.5 Å². The minimum Gasteiger partial charge on any atom is -0.377 e. The quantitative estimate of drug-likeness (QED) is 0.904. The summed E-state index contributed by atoms with van der Waals surface area (Å²) in [6.45, 7) is 5.48. The average molecular weight is 288 g/mol. The van der Waals surface area contributed by atoms with Crippen LogP contribution in [0.15, 0.2) is 18.2 Å². The molecular weight excluding hydrogens is 264 g/mol. The van der Waals surface area contributed by atoms with Crippen molar-refractivity contribution in [1.82, 2.24) is 10.2 Å². The highest BCUT2D eigenvalue weighted by Crippen LogP contribution is 2.25. The van der Waals surface area contributed by atoms with Gasteiger partial charge in [0.05, 0.1) is 5.60 Å². The maximum absolute atomic E-state index is 12.7. The molecule has 4 heteroatoms. The van der Waals surface area contributed by atoms with E-state index in [-0.39, 0.29) is 11.5 Å². The Labute approximate surface area is 126 Å². The Hall–Kier alpha value is -1.39. The van der Waals surface area contributed by atoms with Crippen LogP contribution in [0.25, 0.3) is 0 Å². The van der Waals surface area contributed by atoms with E-state index in [1.165, 1.54) is 11.1 Å². The summed E-state index contributed by atoms with van der Waals surface area (Å²) < 4.78 is 5.58. The molecule has 3 rings (SSSR count). The van der Waals surface area contributed by atoms with Crippen molar-refractivity contribution in [3.05, 3.63) is 34.9 Å². The number of hydrogen-bond acceptors (Lipinski definition) is 3. The second-order valence-electron chi connectivity index (χ2n) is 6.39. The zero-order chi connectivity index (χ0) is 14.9. The number of rotatable bonds is 2. The molecule has 21 heavy (non-hydrogen) atoms. The summed E-state index contributed by atoms with van der Waals surface area (Å²) in [6.07, 6.45) is 3.07. The van der Waals surface area contributed by atoms with Crippen molar-refractivity contribution in [2.75, 3.05) is 26.7 Å². The van der Waals surface area contributed by atoms with Gasteiger partial charge in [0.25, 0.3) is 5.91 Å². The third-order valence-corrected chi connectivity index (χ3v) is 4.78. The lowest BCUT2D eigenvalue weighted by Crippen LogP contribution is -2.49. The van der Waals surface area contributed by atoms with E-state index in [2.05, 4.69) is 24.4 Å². The number of hydrogen-bond donors (Lipinski definition) is 1. The summed E-state index contributed by atoms with van der Waals surface area (Å²) in [7, 11) is 1.73. The Balaban J connectivity index is 1.78. The van der Waals surface area contributed by atoms with Crippen molar-refractivity contribution in [2.45, 2.75) is 38.3 Å². The van der Waals surface area contributed by atoms with E-state index in [0.29, 0.717) is 6.54 Å². The molecule has 4 nitrogen and oxygen atoms in total. The molecule has 1 N–H and O–H groups in total. The first-order chi connectivity index (χ1) is 10.1. The molecule has 0 aromatic heterocycles. The first-order valence-electron chi connectivity index (χ1n) is 7.78. The first kappa shape index (κ1) is 14.5. The van der Waals surface area contributed by atoms with Crippen LogP contribution in [0.5, 0.6) is 0 Å². The van der Waals surface area contributed by atoms with Crippen molar-refractivity contribution in [2.24, 2.45) is 0 Å². The second-order valence-corrected chi connectivity index (χ2v) is 6.39. The average Bonchev–Trinajstić information content (AvgIpc) is 2.54. The molecule has 1 atom stereocenters. The van der Waals surface area contributed by atoms with Gasteiger partial charge in [-0.3, -0.25) is 4.79 Å². The summed E-state index contributed by atoms with van der Waals surface area (Å²) in [6, 6.07) is 6.15. The Morgan fingerprint density at radius 1 is 1.38 bits per heavy atom. The minimum absolute atomic E-state index is 0.131. The molecule has 0 aliphatic carbocycles. The third-order valence-electron chi connectivity index (χ3n) is 4.78. The fourth-order valence-corrected chi connectivity index (χ4v) is 3.34. The number of piperidine rings is 1. The van der Waals surface area contributed by atoms with Gasteiger partial charge in [-0.05, 0) is 56.0 Å². The van der Waals surface area contributed by atoms with Crippen molar-refractivity contribution < 1.29 is 9.53 Å². The number of fused-ring (bicyclic) bond motifs is 1. The lowest BCUT2D eigenvalue weighted by Gasteiger charge is -2.39. The summed E-state index contributed by atoms with van der Waals surface area (Å²) >= 11 is 0. The minimum atomic E-state index is -0.205. The van der Waals surface area contributed by atoms with E-state index in [9.17, 15) is 4.79 Å². The Bertz CT molecular complexity index is 544. The fourth-order valence-electron chi connectivity index (χ4n) is 3.34. The van der Waals surface area contributed by atoms with E-state index >= 15 is 0 Å². The number of methoxy groups -OCH3 is 1. The van der Waals surface area contributed by atoms with E-state index in [1.54, 1.807) is 7.11 Å². The van der Waals surface area contributed by atoms with Crippen LogP contribution in [0.1, 0.15) is 41.3 Å². The van der Waals surface area contributed by atoms with Gasteiger partial charge in [0, 0.05) is 32.3 Å². The molecule has 0 spiro atoms. The van der Waals surface area contributed by atoms with Crippen LogP contribution in [0.3, 0.4) is 0 Å². The van der Waals surface area contributed by atoms with E-state index < -0.39 is 0 Å². The summed E-state index contributed by atoms with van der Waals surface area (Å²) in [5, 5.41) is 3.36. The standard InChI is InChI=1S/C17H24N2O2/c1-17(21-2)7-3-9-19(12-17)16(20)14-5-4-13-6-8-18-11-15(13)10-14/h4-5,10,18H,3,6-9,11-12H2,1-2H3. The maximum Gasteiger partial charge on any atom is 0.253 e. The molecule has 114 valence electrons. The van der Waals surface area contributed by atoms with E-state index in [4.69, 9.17) is 4.74 Å². The second kappa shape index (κ2) is 5.78. The van der Waals surface area contributed by atoms with Crippen molar-refractivity contribution in [3.8, 4) is 0 Å². The van der Waals surface area contributed by atoms with Crippen LogP contribution < -0.4 is 5.32 Å². The molecule has 1 aromatic carbocycles. The molecule has 2 aliphatic heterocycles. The number of carbonyl (C=O) groups excluding carboxylic acids is 1. The number of nitrogens with zero attached hydrogens (tertiary/aromatic N) is 1. The highest BCUT2D eigenvalue weighted by molar-refractivity contribution is 5.94. The molecule has 2 aliphatic rings. The monoisotopic (exact) mass is 288 g/mol. The van der Waals surface area contributed by atoms with Crippen LogP contribution in [0, 0.1) is 0 Å². The summed E-state index contributed by atoms with van der Waals surface area (Å²) in [5.41, 5.74) is 3.23. The topological polar surface area (TPSA) is 41.6 Å². The first-order valence-corrected chi connectivity index (χ1v) is 7.78. The molecular formula is C17H24N2O2. The Morgan fingerprint density at radius 2 is 2.24 bits per heavy atom. The van der Waals surface area contributed by atoms with Crippen LogP contribution in [0.4, 0.5) is 0 Å². The number of ether oxygens (including phenoxy) is 1. The molecule has 1 fully saturated rings. The third kappa shape index (κ3) is 2.97. The van der Waals surface area contributed by atoms with Crippen LogP contribution >= 0.6 is 0 Å². The lowest BCUT2D eigenvalue weighted by molar-refractivity contribution is -0.0440. The number of nitrogens with one attached hydrogen (secondary N) is 1. The zero-order valence-electron chi connectivity index (χ0n) is 12.9. The molecule has 0 bridgehead atoms. The van der Waals surface area contributed by atoms with Crippen molar-refractivity contribution >= 4 is 5.91 Å².